The third-order valence-corrected chi connectivity index (χ3v) is 2.29. The maximum Gasteiger partial charge on any atom is 0.308 e. The first-order valence-corrected chi connectivity index (χ1v) is 7.49. The van der Waals surface area contributed by atoms with Crippen molar-refractivity contribution in [3.05, 3.63) is 0 Å². The fraction of sp³-hybridized carbons (Fsp3) is 0.867. The third kappa shape index (κ3) is 15.1. The molecule has 0 heterocycles. The number of carbonyl (C=O) groups is 2. The van der Waals surface area contributed by atoms with Gasteiger partial charge in [0.05, 0.1) is 32.8 Å². The number of hydrogen-bond acceptors (Lipinski definition) is 5. The maximum absolute atomic E-state index is 11.4. The Balaban J connectivity index is 3.30. The second-order valence-corrected chi connectivity index (χ2v) is 5.66. The molecule has 0 aromatic rings. The minimum Gasteiger partial charge on any atom is -0.460 e. The van der Waals surface area contributed by atoms with Crippen LogP contribution in [0.25, 0.3) is 0 Å². The quantitative estimate of drug-likeness (QED) is 0.464. The molecule has 6 nitrogen and oxygen atoms in total. The van der Waals surface area contributed by atoms with E-state index in [-0.39, 0.29) is 18.3 Å². The SMILES string of the molecule is CCCC(=O)NCCOCCOCCC(=O)OC(C)(C)C. The predicted octanol–water partition coefficient (Wildman–Crippen LogP) is 1.67. The highest BCUT2D eigenvalue weighted by Crippen LogP contribution is 2.07. The number of esters is 1. The highest BCUT2D eigenvalue weighted by atomic mass is 16.6. The number of rotatable bonds is 11. The molecule has 0 radical (unpaired) electrons. The molecule has 0 aromatic carbocycles. The van der Waals surface area contributed by atoms with E-state index < -0.39 is 5.60 Å². The van der Waals surface area contributed by atoms with E-state index in [0.717, 1.165) is 6.42 Å². The van der Waals surface area contributed by atoms with Gasteiger partial charge in [-0.25, -0.2) is 0 Å². The van der Waals surface area contributed by atoms with Crippen LogP contribution in [0, 0.1) is 0 Å². The molecule has 0 aromatic heterocycles. The van der Waals surface area contributed by atoms with Crippen molar-refractivity contribution in [2.75, 3.05) is 33.0 Å². The summed E-state index contributed by atoms with van der Waals surface area (Å²) in [4.78, 5) is 22.5. The van der Waals surface area contributed by atoms with E-state index in [1.54, 1.807) is 0 Å². The summed E-state index contributed by atoms with van der Waals surface area (Å²) in [6.45, 7) is 9.62. The summed E-state index contributed by atoms with van der Waals surface area (Å²) in [5.41, 5.74) is -0.456. The molecule has 1 amide bonds. The first-order valence-electron chi connectivity index (χ1n) is 7.49. The van der Waals surface area contributed by atoms with E-state index in [2.05, 4.69) is 5.32 Å². The number of nitrogens with one attached hydrogen (secondary N) is 1. The van der Waals surface area contributed by atoms with Crippen molar-refractivity contribution >= 4 is 11.9 Å². The van der Waals surface area contributed by atoms with Crippen LogP contribution in [0.5, 0.6) is 0 Å². The van der Waals surface area contributed by atoms with Gasteiger partial charge in [0.15, 0.2) is 0 Å². The molecular formula is C15H29NO5. The lowest BCUT2D eigenvalue weighted by Gasteiger charge is -2.19. The second-order valence-electron chi connectivity index (χ2n) is 5.66. The third-order valence-electron chi connectivity index (χ3n) is 2.29. The summed E-state index contributed by atoms with van der Waals surface area (Å²) < 4.78 is 15.7. The summed E-state index contributed by atoms with van der Waals surface area (Å²) >= 11 is 0. The zero-order valence-corrected chi connectivity index (χ0v) is 13.7. The molecule has 0 aliphatic heterocycles. The minimum atomic E-state index is -0.456. The molecule has 0 rings (SSSR count). The average molecular weight is 303 g/mol. The first-order chi connectivity index (χ1) is 9.85. The largest absolute Gasteiger partial charge is 0.460 e. The molecule has 0 aliphatic carbocycles. The van der Waals surface area contributed by atoms with Crippen LogP contribution in [-0.4, -0.2) is 50.4 Å². The molecule has 0 spiro atoms. The van der Waals surface area contributed by atoms with Crippen molar-refractivity contribution in [1.29, 1.82) is 0 Å². The van der Waals surface area contributed by atoms with Crippen LogP contribution in [-0.2, 0) is 23.8 Å². The van der Waals surface area contributed by atoms with Crippen LogP contribution in [0.3, 0.4) is 0 Å². The minimum absolute atomic E-state index is 0.0507. The van der Waals surface area contributed by atoms with Gasteiger partial charge in [-0.05, 0) is 27.2 Å². The standard InChI is InChI=1S/C15H29NO5/c1-5-6-13(17)16-8-10-20-12-11-19-9-7-14(18)21-15(2,3)4/h5-12H2,1-4H3,(H,16,17). The molecule has 6 heteroatoms. The molecule has 1 N–H and O–H groups in total. The van der Waals surface area contributed by atoms with Gasteiger partial charge in [0, 0.05) is 13.0 Å². The monoisotopic (exact) mass is 303 g/mol. The highest BCUT2D eigenvalue weighted by molar-refractivity contribution is 5.75. The molecule has 0 fully saturated rings. The summed E-state index contributed by atoms with van der Waals surface area (Å²) in [7, 11) is 0. The zero-order valence-electron chi connectivity index (χ0n) is 13.7. The van der Waals surface area contributed by atoms with Gasteiger partial charge in [-0.15, -0.1) is 0 Å². The van der Waals surface area contributed by atoms with Gasteiger partial charge < -0.3 is 19.5 Å². The van der Waals surface area contributed by atoms with Gasteiger partial charge in [0.25, 0.3) is 0 Å². The van der Waals surface area contributed by atoms with Gasteiger partial charge in [0.1, 0.15) is 5.60 Å². The molecule has 0 atom stereocenters. The van der Waals surface area contributed by atoms with Crippen LogP contribution >= 0.6 is 0 Å². The van der Waals surface area contributed by atoms with E-state index in [0.29, 0.717) is 39.4 Å². The van der Waals surface area contributed by atoms with Crippen molar-refractivity contribution in [3.63, 3.8) is 0 Å². The Morgan fingerprint density at radius 1 is 0.952 bits per heavy atom. The number of amides is 1. The van der Waals surface area contributed by atoms with Gasteiger partial charge in [-0.2, -0.15) is 0 Å². The van der Waals surface area contributed by atoms with Gasteiger partial charge >= 0.3 is 5.97 Å². The molecular weight excluding hydrogens is 274 g/mol. The van der Waals surface area contributed by atoms with Crippen LogP contribution < -0.4 is 5.32 Å². The maximum atomic E-state index is 11.4. The summed E-state index contributed by atoms with van der Waals surface area (Å²) in [6, 6.07) is 0. The van der Waals surface area contributed by atoms with Crippen LogP contribution in [0.2, 0.25) is 0 Å². The van der Waals surface area contributed by atoms with Gasteiger partial charge in [-0.1, -0.05) is 6.92 Å². The van der Waals surface area contributed by atoms with E-state index in [1.165, 1.54) is 0 Å². The fourth-order valence-electron chi connectivity index (χ4n) is 1.45. The van der Waals surface area contributed by atoms with Crippen LogP contribution in [0.15, 0.2) is 0 Å². The number of carbonyl (C=O) groups excluding carboxylic acids is 2. The zero-order chi connectivity index (χ0) is 16.1. The van der Waals surface area contributed by atoms with Gasteiger partial charge in [0.2, 0.25) is 5.91 Å². The smallest absolute Gasteiger partial charge is 0.308 e. The van der Waals surface area contributed by atoms with Crippen molar-refractivity contribution in [2.45, 2.75) is 52.6 Å². The fourth-order valence-corrected chi connectivity index (χ4v) is 1.45. The predicted molar refractivity (Wildman–Crippen MR) is 80.0 cm³/mol. The van der Waals surface area contributed by atoms with Crippen molar-refractivity contribution in [3.8, 4) is 0 Å². The number of ether oxygens (including phenoxy) is 3. The summed E-state index contributed by atoms with van der Waals surface area (Å²) in [6.07, 6.45) is 1.64. The Morgan fingerprint density at radius 3 is 2.14 bits per heavy atom. The second kappa shape index (κ2) is 11.5. The molecule has 0 saturated carbocycles. The first kappa shape index (κ1) is 19.9. The molecule has 21 heavy (non-hydrogen) atoms. The number of hydrogen-bond donors (Lipinski definition) is 1. The average Bonchev–Trinajstić information content (AvgIpc) is 2.35. The lowest BCUT2D eigenvalue weighted by Crippen LogP contribution is -2.27. The Hall–Kier alpha value is -1.14. The topological polar surface area (TPSA) is 73.9 Å². The Labute approximate surface area is 127 Å². The van der Waals surface area contributed by atoms with Crippen molar-refractivity contribution in [2.24, 2.45) is 0 Å². The Bertz CT molecular complexity index is 299. The lowest BCUT2D eigenvalue weighted by atomic mass is 10.2. The van der Waals surface area contributed by atoms with Crippen molar-refractivity contribution in [1.82, 2.24) is 5.32 Å². The van der Waals surface area contributed by atoms with Crippen LogP contribution in [0.4, 0.5) is 0 Å². The van der Waals surface area contributed by atoms with E-state index in [9.17, 15) is 9.59 Å². The molecule has 124 valence electrons. The molecule has 0 unspecified atom stereocenters. The summed E-state index contributed by atoms with van der Waals surface area (Å²) in [5, 5.41) is 2.76. The van der Waals surface area contributed by atoms with E-state index in [4.69, 9.17) is 14.2 Å². The Kier molecular flexibility index (Phi) is 10.9. The lowest BCUT2D eigenvalue weighted by molar-refractivity contribution is -0.156. The Morgan fingerprint density at radius 2 is 1.57 bits per heavy atom. The van der Waals surface area contributed by atoms with Crippen molar-refractivity contribution < 1.29 is 23.8 Å². The van der Waals surface area contributed by atoms with Gasteiger partial charge in [-0.3, -0.25) is 9.59 Å². The highest BCUT2D eigenvalue weighted by Gasteiger charge is 2.15. The molecule has 0 bridgehead atoms. The molecule has 0 saturated heterocycles. The van der Waals surface area contributed by atoms with E-state index in [1.807, 2.05) is 27.7 Å². The van der Waals surface area contributed by atoms with E-state index >= 15 is 0 Å². The van der Waals surface area contributed by atoms with Crippen LogP contribution in [0.1, 0.15) is 47.0 Å². The normalized spacial score (nSPS) is 11.2. The summed E-state index contributed by atoms with van der Waals surface area (Å²) in [5.74, 6) is -0.211. The molecule has 0 aliphatic rings.